The molecule has 0 atom stereocenters. The van der Waals surface area contributed by atoms with Crippen molar-refractivity contribution in [2.45, 2.75) is 19.3 Å². The zero-order chi connectivity index (χ0) is 27.6. The molecule has 0 radical (unpaired) electrons. The molecule has 0 bridgehead atoms. The average molecular weight is 528 g/mol. The van der Waals surface area contributed by atoms with Crippen LogP contribution in [0.2, 0.25) is 0 Å². The van der Waals surface area contributed by atoms with Gasteiger partial charge in [-0.1, -0.05) is 105 Å². The highest BCUT2D eigenvalue weighted by molar-refractivity contribution is 6.06. The molecule has 0 N–H and O–H groups in total. The van der Waals surface area contributed by atoms with Crippen LogP contribution >= 0.6 is 0 Å². The highest BCUT2D eigenvalue weighted by atomic mass is 16.3. The Bertz CT molecular complexity index is 2070. The molecule has 1 aromatic heterocycles. The second-order valence-corrected chi connectivity index (χ2v) is 11.4. The van der Waals surface area contributed by atoms with E-state index in [2.05, 4.69) is 146 Å². The van der Waals surface area contributed by atoms with Crippen LogP contribution in [0.15, 0.2) is 144 Å². The quantitative estimate of drug-likeness (QED) is 0.226. The highest BCUT2D eigenvalue weighted by Crippen LogP contribution is 2.50. The van der Waals surface area contributed by atoms with Crippen LogP contribution in [0.1, 0.15) is 25.0 Å². The third kappa shape index (κ3) is 3.72. The topological polar surface area (TPSA) is 16.4 Å². The average Bonchev–Trinajstić information content (AvgIpc) is 3.50. The van der Waals surface area contributed by atoms with Gasteiger partial charge in [-0.05, 0) is 81.9 Å². The van der Waals surface area contributed by atoms with Crippen LogP contribution in [0, 0.1) is 0 Å². The van der Waals surface area contributed by atoms with Crippen molar-refractivity contribution < 1.29 is 4.42 Å². The lowest BCUT2D eigenvalue weighted by Gasteiger charge is -2.27. The van der Waals surface area contributed by atoms with Crippen molar-refractivity contribution in [1.82, 2.24) is 0 Å². The summed E-state index contributed by atoms with van der Waals surface area (Å²) >= 11 is 0. The molecule has 2 heteroatoms. The van der Waals surface area contributed by atoms with Crippen LogP contribution in [-0.2, 0) is 5.41 Å². The Labute approximate surface area is 240 Å². The van der Waals surface area contributed by atoms with Crippen LogP contribution in [0.3, 0.4) is 0 Å². The molecule has 0 fully saturated rings. The van der Waals surface area contributed by atoms with Crippen LogP contribution in [0.4, 0.5) is 17.1 Å². The van der Waals surface area contributed by atoms with Gasteiger partial charge in [-0.25, -0.2) is 0 Å². The maximum Gasteiger partial charge on any atom is 0.135 e. The SMILES string of the molecule is CC1(C)c2ccccc2-c2cc(N(c3ccc(-c4ccccc4)cc3)c3ccc4oc5ccccc5c4c3)ccc21. The summed E-state index contributed by atoms with van der Waals surface area (Å²) in [7, 11) is 0. The van der Waals surface area contributed by atoms with Gasteiger partial charge in [-0.2, -0.15) is 0 Å². The van der Waals surface area contributed by atoms with Crippen molar-refractivity contribution in [3.05, 3.63) is 151 Å². The van der Waals surface area contributed by atoms with Gasteiger partial charge >= 0.3 is 0 Å². The number of rotatable bonds is 4. The normalized spacial score (nSPS) is 13.3. The van der Waals surface area contributed by atoms with E-state index in [-0.39, 0.29) is 5.41 Å². The van der Waals surface area contributed by atoms with Crippen LogP contribution in [0.25, 0.3) is 44.2 Å². The first-order chi connectivity index (χ1) is 20.1. The maximum absolute atomic E-state index is 6.17. The molecule has 0 saturated heterocycles. The lowest BCUT2D eigenvalue weighted by Crippen LogP contribution is -2.15. The van der Waals surface area contributed by atoms with E-state index in [1.54, 1.807) is 0 Å². The number of para-hydroxylation sites is 1. The highest BCUT2D eigenvalue weighted by Gasteiger charge is 2.35. The summed E-state index contributed by atoms with van der Waals surface area (Å²) in [6, 6.07) is 50.0. The lowest BCUT2D eigenvalue weighted by molar-refractivity contribution is 0.660. The number of nitrogens with zero attached hydrogens (tertiary/aromatic N) is 1. The first-order valence-corrected chi connectivity index (χ1v) is 14.2. The van der Waals surface area contributed by atoms with Crippen molar-refractivity contribution >= 4 is 39.0 Å². The number of fused-ring (bicyclic) bond motifs is 6. The number of anilines is 3. The van der Waals surface area contributed by atoms with E-state index in [1.165, 1.54) is 33.4 Å². The van der Waals surface area contributed by atoms with E-state index < -0.39 is 0 Å². The number of hydrogen-bond donors (Lipinski definition) is 0. The molecule has 1 aliphatic rings. The van der Waals surface area contributed by atoms with Crippen molar-refractivity contribution in [2.24, 2.45) is 0 Å². The molecule has 2 nitrogen and oxygen atoms in total. The van der Waals surface area contributed by atoms with E-state index in [0.717, 1.165) is 39.0 Å². The number of hydrogen-bond acceptors (Lipinski definition) is 2. The number of furan rings is 1. The van der Waals surface area contributed by atoms with Crippen LogP contribution in [0.5, 0.6) is 0 Å². The van der Waals surface area contributed by atoms with Crippen LogP contribution in [-0.4, -0.2) is 0 Å². The smallest absolute Gasteiger partial charge is 0.135 e. The maximum atomic E-state index is 6.17. The zero-order valence-electron chi connectivity index (χ0n) is 23.1. The fourth-order valence-electron chi connectivity index (χ4n) is 6.58. The molecule has 0 saturated carbocycles. The first-order valence-electron chi connectivity index (χ1n) is 14.2. The molecule has 41 heavy (non-hydrogen) atoms. The monoisotopic (exact) mass is 527 g/mol. The Balaban J connectivity index is 1.32. The van der Waals surface area contributed by atoms with E-state index in [0.29, 0.717) is 0 Å². The molecule has 8 rings (SSSR count). The summed E-state index contributed by atoms with van der Waals surface area (Å²) in [6.45, 7) is 4.66. The molecule has 7 aromatic rings. The van der Waals surface area contributed by atoms with E-state index >= 15 is 0 Å². The van der Waals surface area contributed by atoms with Gasteiger partial charge in [0.05, 0.1) is 0 Å². The van der Waals surface area contributed by atoms with Gasteiger partial charge in [0, 0.05) is 33.2 Å². The van der Waals surface area contributed by atoms with E-state index in [1.807, 2.05) is 12.1 Å². The Morgan fingerprint density at radius 3 is 1.93 bits per heavy atom. The summed E-state index contributed by atoms with van der Waals surface area (Å²) < 4.78 is 6.17. The van der Waals surface area contributed by atoms with E-state index in [4.69, 9.17) is 4.42 Å². The molecule has 0 aliphatic heterocycles. The molecule has 196 valence electrons. The van der Waals surface area contributed by atoms with Gasteiger partial charge in [0.25, 0.3) is 0 Å². The third-order valence-corrected chi connectivity index (χ3v) is 8.68. The largest absolute Gasteiger partial charge is 0.456 e. The van der Waals surface area contributed by atoms with E-state index in [9.17, 15) is 0 Å². The van der Waals surface area contributed by atoms with Crippen molar-refractivity contribution in [3.63, 3.8) is 0 Å². The molecule has 1 aliphatic carbocycles. The predicted molar refractivity (Wildman–Crippen MR) is 171 cm³/mol. The summed E-state index contributed by atoms with van der Waals surface area (Å²) in [5.41, 5.74) is 12.9. The lowest BCUT2D eigenvalue weighted by atomic mass is 9.82. The first kappa shape index (κ1) is 23.8. The molecule has 1 heterocycles. The van der Waals surface area contributed by atoms with Crippen molar-refractivity contribution in [2.75, 3.05) is 4.90 Å². The second kappa shape index (κ2) is 8.97. The van der Waals surface area contributed by atoms with Crippen LogP contribution < -0.4 is 4.90 Å². The molecular weight excluding hydrogens is 498 g/mol. The standard InChI is InChI=1S/C39H29NO/c1-39(2)35-14-8-6-12-31(35)33-24-29(20-22-36(33)39)40(28-18-16-27(17-19-28)26-10-4-3-5-11-26)30-21-23-38-34(25-30)32-13-7-9-15-37(32)41-38/h3-25H,1-2H3. The minimum Gasteiger partial charge on any atom is -0.456 e. The minimum atomic E-state index is -0.0266. The number of benzene rings is 6. The Kier molecular flexibility index (Phi) is 5.20. The Morgan fingerprint density at radius 2 is 1.07 bits per heavy atom. The summed E-state index contributed by atoms with van der Waals surface area (Å²) in [5, 5.41) is 2.25. The van der Waals surface area contributed by atoms with Gasteiger partial charge in [-0.3, -0.25) is 0 Å². The van der Waals surface area contributed by atoms with Gasteiger partial charge in [0.15, 0.2) is 0 Å². The van der Waals surface area contributed by atoms with Crippen molar-refractivity contribution in [1.29, 1.82) is 0 Å². The van der Waals surface area contributed by atoms with Gasteiger partial charge in [-0.15, -0.1) is 0 Å². The minimum absolute atomic E-state index is 0.0266. The Hall–Kier alpha value is -5.08. The fraction of sp³-hybridized carbons (Fsp3) is 0.0769. The second-order valence-electron chi connectivity index (χ2n) is 11.4. The predicted octanol–water partition coefficient (Wildman–Crippen LogP) is 11.0. The molecule has 0 amide bonds. The summed E-state index contributed by atoms with van der Waals surface area (Å²) in [6.07, 6.45) is 0. The summed E-state index contributed by atoms with van der Waals surface area (Å²) in [5.74, 6) is 0. The van der Waals surface area contributed by atoms with Gasteiger partial charge in [0.2, 0.25) is 0 Å². The molecule has 0 spiro atoms. The zero-order valence-corrected chi connectivity index (χ0v) is 23.1. The Morgan fingerprint density at radius 1 is 0.463 bits per heavy atom. The van der Waals surface area contributed by atoms with Gasteiger partial charge < -0.3 is 9.32 Å². The molecule has 0 unspecified atom stereocenters. The van der Waals surface area contributed by atoms with Crippen molar-refractivity contribution in [3.8, 4) is 22.3 Å². The molecule has 6 aromatic carbocycles. The third-order valence-electron chi connectivity index (χ3n) is 8.68. The molecular formula is C39H29NO. The fourth-order valence-corrected chi connectivity index (χ4v) is 6.58. The summed E-state index contributed by atoms with van der Waals surface area (Å²) in [4.78, 5) is 2.37. The van der Waals surface area contributed by atoms with Gasteiger partial charge in [0.1, 0.15) is 11.2 Å².